The second-order valence-corrected chi connectivity index (χ2v) is 7.44. The van der Waals surface area contributed by atoms with E-state index in [4.69, 9.17) is 19.6 Å². The Balaban J connectivity index is 1.52. The average molecular weight is 372 g/mol. The van der Waals surface area contributed by atoms with E-state index >= 15 is 0 Å². The maximum atomic E-state index is 9.91. The van der Waals surface area contributed by atoms with Gasteiger partial charge in [-0.25, -0.2) is 9.67 Å². The molecule has 27 heavy (non-hydrogen) atoms. The van der Waals surface area contributed by atoms with Gasteiger partial charge in [0.1, 0.15) is 23.9 Å². The first-order valence-corrected chi connectivity index (χ1v) is 9.86. The summed E-state index contributed by atoms with van der Waals surface area (Å²) in [5.41, 5.74) is 0. The van der Waals surface area contributed by atoms with Crippen LogP contribution in [-0.2, 0) is 6.61 Å². The van der Waals surface area contributed by atoms with E-state index in [2.05, 4.69) is 10.00 Å². The van der Waals surface area contributed by atoms with E-state index in [1.165, 1.54) is 19.3 Å². The van der Waals surface area contributed by atoms with E-state index in [-0.39, 0.29) is 12.1 Å². The number of aromatic nitrogens is 3. The summed E-state index contributed by atoms with van der Waals surface area (Å²) in [5.74, 6) is 3.11. The van der Waals surface area contributed by atoms with Crippen LogP contribution in [0.2, 0.25) is 0 Å². The van der Waals surface area contributed by atoms with Gasteiger partial charge in [-0.15, -0.1) is 0 Å². The molecule has 4 rings (SSSR count). The topological polar surface area (TPSA) is 81.4 Å². The quantitative estimate of drug-likeness (QED) is 0.811. The summed E-state index contributed by atoms with van der Waals surface area (Å²) in [4.78, 5) is 4.78. The van der Waals surface area contributed by atoms with Crippen molar-refractivity contribution >= 4 is 0 Å². The molecule has 2 aromatic rings. The van der Waals surface area contributed by atoms with Gasteiger partial charge in [-0.1, -0.05) is 25.3 Å². The summed E-state index contributed by atoms with van der Waals surface area (Å²) >= 11 is 0. The molecular weight excluding hydrogens is 344 g/mol. The number of β-amino-alcohol motifs (C(OH)–C–C–N with tert-alkyl or cyclic N) is 1. The Hall–Kier alpha value is -2.12. The van der Waals surface area contributed by atoms with Gasteiger partial charge in [-0.3, -0.25) is 0 Å². The Bertz CT molecular complexity index is 735. The number of hydrogen-bond acceptors (Lipinski definition) is 6. The lowest BCUT2D eigenvalue weighted by Gasteiger charge is -2.24. The molecule has 2 atom stereocenters. The molecule has 1 saturated heterocycles. The number of aliphatic hydroxyl groups excluding tert-OH is 1. The molecule has 1 saturated carbocycles. The predicted octanol–water partition coefficient (Wildman–Crippen LogP) is 2.77. The number of nitrogens with one attached hydrogen (secondary N) is 1. The molecule has 1 aromatic carbocycles. The summed E-state index contributed by atoms with van der Waals surface area (Å²) in [6.07, 6.45) is 6.42. The van der Waals surface area contributed by atoms with Crippen LogP contribution in [-0.4, -0.2) is 39.6 Å². The molecule has 2 fully saturated rings. The van der Waals surface area contributed by atoms with Crippen LogP contribution in [0.15, 0.2) is 24.3 Å². The maximum absolute atomic E-state index is 9.91. The van der Waals surface area contributed by atoms with Crippen LogP contribution in [0.1, 0.15) is 62.3 Å². The molecular formula is C20H28N4O3. The second kappa shape index (κ2) is 8.27. The minimum absolute atomic E-state index is 0.0556. The molecule has 0 amide bonds. The highest BCUT2D eigenvalue weighted by Crippen LogP contribution is 2.32. The molecule has 0 bridgehead atoms. The van der Waals surface area contributed by atoms with Crippen molar-refractivity contribution in [2.24, 2.45) is 0 Å². The monoisotopic (exact) mass is 372 g/mol. The van der Waals surface area contributed by atoms with E-state index in [0.717, 1.165) is 30.2 Å². The highest BCUT2D eigenvalue weighted by Gasteiger charge is 2.31. The molecule has 1 aliphatic carbocycles. The van der Waals surface area contributed by atoms with Crippen LogP contribution < -0.4 is 14.8 Å². The highest BCUT2D eigenvalue weighted by molar-refractivity contribution is 5.32. The van der Waals surface area contributed by atoms with Crippen molar-refractivity contribution in [2.45, 2.75) is 63.3 Å². The Labute approximate surface area is 159 Å². The summed E-state index contributed by atoms with van der Waals surface area (Å²) in [5, 5.41) is 18.1. The molecule has 2 N–H and O–H groups in total. The lowest BCUT2D eigenvalue weighted by atomic mass is 9.95. The number of ether oxygens (including phenoxy) is 2. The van der Waals surface area contributed by atoms with Crippen LogP contribution in [0.5, 0.6) is 11.5 Å². The Morgan fingerprint density at radius 1 is 1.22 bits per heavy atom. The van der Waals surface area contributed by atoms with E-state index in [1.54, 1.807) is 7.11 Å². The molecule has 7 nitrogen and oxygen atoms in total. The van der Waals surface area contributed by atoms with E-state index < -0.39 is 0 Å². The summed E-state index contributed by atoms with van der Waals surface area (Å²) in [6.45, 7) is 0.924. The molecule has 7 heteroatoms. The summed E-state index contributed by atoms with van der Waals surface area (Å²) in [6, 6.07) is 7.99. The number of nitrogens with zero attached hydrogens (tertiary/aromatic N) is 3. The third-order valence-corrected chi connectivity index (χ3v) is 5.45. The van der Waals surface area contributed by atoms with Gasteiger partial charge in [0, 0.05) is 12.6 Å². The zero-order valence-corrected chi connectivity index (χ0v) is 15.8. The largest absolute Gasteiger partial charge is 0.497 e. The molecule has 1 aromatic heterocycles. The lowest BCUT2D eigenvalue weighted by Crippen LogP contribution is -2.23. The highest BCUT2D eigenvalue weighted by atomic mass is 16.5. The minimum atomic E-state index is -0.317. The van der Waals surface area contributed by atoms with E-state index in [1.807, 2.05) is 24.3 Å². The molecule has 0 spiro atoms. The molecule has 0 unspecified atom stereocenters. The second-order valence-electron chi connectivity index (χ2n) is 7.44. The van der Waals surface area contributed by atoms with Gasteiger partial charge >= 0.3 is 0 Å². The average Bonchev–Trinajstić information content (AvgIpc) is 3.33. The molecule has 0 radical (unpaired) electrons. The van der Waals surface area contributed by atoms with Crippen LogP contribution in [0.25, 0.3) is 0 Å². The fourth-order valence-corrected chi connectivity index (χ4v) is 4.03. The first-order valence-electron chi connectivity index (χ1n) is 9.86. The van der Waals surface area contributed by atoms with Gasteiger partial charge in [0.2, 0.25) is 0 Å². The standard InChI is InChI=1S/C20H28N4O3/c1-26-16-8-5-9-17(11-16)27-13-19-22-20(18-10-15(25)12-21-18)24(23-19)14-6-3-2-4-7-14/h5,8-9,11,14-15,18,21,25H,2-4,6-7,10,12-13H2,1H3/t15-,18+/m1/s1. The van der Waals surface area contributed by atoms with Crippen LogP contribution in [0.4, 0.5) is 0 Å². The number of rotatable bonds is 6. The Morgan fingerprint density at radius 3 is 2.78 bits per heavy atom. The Morgan fingerprint density at radius 2 is 2.04 bits per heavy atom. The fraction of sp³-hybridized carbons (Fsp3) is 0.600. The predicted molar refractivity (Wildman–Crippen MR) is 101 cm³/mol. The number of methoxy groups -OCH3 is 1. The van der Waals surface area contributed by atoms with Crippen molar-refractivity contribution in [3.63, 3.8) is 0 Å². The summed E-state index contributed by atoms with van der Waals surface area (Å²) in [7, 11) is 1.64. The molecule has 2 aliphatic rings. The van der Waals surface area contributed by atoms with Crippen molar-refractivity contribution in [2.75, 3.05) is 13.7 Å². The third-order valence-electron chi connectivity index (χ3n) is 5.45. The van der Waals surface area contributed by atoms with Gasteiger partial charge in [0.25, 0.3) is 0 Å². The van der Waals surface area contributed by atoms with Crippen molar-refractivity contribution in [1.29, 1.82) is 0 Å². The normalized spacial score (nSPS) is 23.5. The van der Waals surface area contributed by atoms with Crippen molar-refractivity contribution in [3.8, 4) is 11.5 Å². The van der Waals surface area contributed by atoms with Crippen molar-refractivity contribution < 1.29 is 14.6 Å². The van der Waals surface area contributed by atoms with Crippen LogP contribution in [0.3, 0.4) is 0 Å². The third kappa shape index (κ3) is 4.25. The van der Waals surface area contributed by atoms with Gasteiger partial charge in [-0.05, 0) is 31.4 Å². The lowest BCUT2D eigenvalue weighted by molar-refractivity contribution is 0.192. The van der Waals surface area contributed by atoms with Gasteiger partial charge in [0.15, 0.2) is 5.82 Å². The Kier molecular flexibility index (Phi) is 5.59. The van der Waals surface area contributed by atoms with Crippen LogP contribution in [0, 0.1) is 0 Å². The van der Waals surface area contributed by atoms with E-state index in [9.17, 15) is 5.11 Å². The fourth-order valence-electron chi connectivity index (χ4n) is 4.03. The first-order chi connectivity index (χ1) is 13.2. The van der Waals surface area contributed by atoms with Gasteiger partial charge in [0.05, 0.1) is 25.3 Å². The summed E-state index contributed by atoms with van der Waals surface area (Å²) < 4.78 is 13.2. The number of hydrogen-bond donors (Lipinski definition) is 2. The van der Waals surface area contributed by atoms with Crippen LogP contribution >= 0.6 is 0 Å². The first kappa shape index (κ1) is 18.3. The van der Waals surface area contributed by atoms with Gasteiger partial charge < -0.3 is 19.9 Å². The smallest absolute Gasteiger partial charge is 0.188 e. The number of aliphatic hydroxyl groups is 1. The molecule has 146 valence electrons. The van der Waals surface area contributed by atoms with Gasteiger partial charge in [-0.2, -0.15) is 5.10 Å². The molecule has 1 aliphatic heterocycles. The van der Waals surface area contributed by atoms with Crippen molar-refractivity contribution in [1.82, 2.24) is 20.1 Å². The van der Waals surface area contributed by atoms with E-state index in [0.29, 0.717) is 31.4 Å². The maximum Gasteiger partial charge on any atom is 0.188 e. The number of benzene rings is 1. The van der Waals surface area contributed by atoms with Crippen molar-refractivity contribution in [3.05, 3.63) is 35.9 Å². The minimum Gasteiger partial charge on any atom is -0.497 e. The molecule has 2 heterocycles. The SMILES string of the molecule is COc1cccc(OCc2nc([C@@H]3C[C@@H](O)CN3)n(C3CCCCC3)n2)c1. The zero-order chi connectivity index (χ0) is 18.6. The zero-order valence-electron chi connectivity index (χ0n) is 15.8.